The van der Waals surface area contributed by atoms with Gasteiger partial charge in [0.05, 0.1) is 32.3 Å². The first-order chi connectivity index (χ1) is 15.8. The lowest BCUT2D eigenvalue weighted by Crippen LogP contribution is -2.43. The molecule has 0 aromatic heterocycles. The van der Waals surface area contributed by atoms with E-state index in [-0.39, 0.29) is 24.9 Å². The largest absolute Gasteiger partial charge is 0.496 e. The number of rotatable bonds is 8. The number of nitrogens with one attached hydrogen (secondary N) is 1. The SMILES string of the molecule is CCOCCOC(=O)C1=C(C)NC2=C(C(=O)[C@H](C(=O)OC)[C@@H](C)C2)[C@@H]1c1ccccc1OC. The minimum absolute atomic E-state index is 0.0871. The second-order valence-electron chi connectivity index (χ2n) is 8.11. The van der Waals surface area contributed by atoms with Gasteiger partial charge in [0.15, 0.2) is 5.78 Å². The van der Waals surface area contributed by atoms with Gasteiger partial charge in [0, 0.05) is 29.1 Å². The van der Waals surface area contributed by atoms with E-state index in [1.54, 1.807) is 13.0 Å². The highest BCUT2D eigenvalue weighted by atomic mass is 16.6. The minimum Gasteiger partial charge on any atom is -0.496 e. The van der Waals surface area contributed by atoms with E-state index < -0.39 is 23.8 Å². The monoisotopic (exact) mass is 457 g/mol. The molecular formula is C25H31NO7. The van der Waals surface area contributed by atoms with Gasteiger partial charge < -0.3 is 24.3 Å². The topological polar surface area (TPSA) is 100 Å². The van der Waals surface area contributed by atoms with Crippen LogP contribution in [0.1, 0.15) is 38.7 Å². The van der Waals surface area contributed by atoms with Gasteiger partial charge in [-0.25, -0.2) is 4.79 Å². The summed E-state index contributed by atoms with van der Waals surface area (Å²) in [7, 11) is 2.81. The van der Waals surface area contributed by atoms with Crippen molar-refractivity contribution in [1.82, 2.24) is 5.32 Å². The highest BCUT2D eigenvalue weighted by molar-refractivity contribution is 6.12. The average Bonchev–Trinajstić information content (AvgIpc) is 2.80. The Morgan fingerprint density at radius 3 is 2.55 bits per heavy atom. The molecule has 3 atom stereocenters. The van der Waals surface area contributed by atoms with Crippen LogP contribution in [0.25, 0.3) is 0 Å². The molecule has 3 rings (SSSR count). The molecule has 0 unspecified atom stereocenters. The van der Waals surface area contributed by atoms with E-state index in [0.29, 0.717) is 46.9 Å². The molecule has 178 valence electrons. The third-order valence-corrected chi connectivity index (χ3v) is 6.08. The Hall–Kier alpha value is -3.13. The number of ketones is 1. The van der Waals surface area contributed by atoms with E-state index in [0.717, 1.165) is 0 Å². The Kier molecular flexibility index (Phi) is 7.92. The summed E-state index contributed by atoms with van der Waals surface area (Å²) in [6.07, 6.45) is 0.469. The minimum atomic E-state index is -0.943. The third-order valence-electron chi connectivity index (χ3n) is 6.08. The van der Waals surface area contributed by atoms with Crippen molar-refractivity contribution in [3.63, 3.8) is 0 Å². The van der Waals surface area contributed by atoms with Crippen LogP contribution in [-0.4, -0.2) is 51.8 Å². The van der Waals surface area contributed by atoms with E-state index in [2.05, 4.69) is 5.32 Å². The number of para-hydroxylation sites is 1. The summed E-state index contributed by atoms with van der Waals surface area (Å²) in [5.41, 5.74) is 2.63. The van der Waals surface area contributed by atoms with Crippen molar-refractivity contribution in [2.75, 3.05) is 34.0 Å². The summed E-state index contributed by atoms with van der Waals surface area (Å²) in [4.78, 5) is 39.4. The molecule has 8 nitrogen and oxygen atoms in total. The Morgan fingerprint density at radius 2 is 1.88 bits per heavy atom. The maximum atomic E-state index is 13.7. The molecule has 0 bridgehead atoms. The van der Waals surface area contributed by atoms with Crippen LogP contribution in [0.2, 0.25) is 0 Å². The maximum absolute atomic E-state index is 13.7. The van der Waals surface area contributed by atoms with Gasteiger partial charge in [-0.3, -0.25) is 9.59 Å². The average molecular weight is 458 g/mol. The predicted molar refractivity (Wildman–Crippen MR) is 120 cm³/mol. The first-order valence-corrected chi connectivity index (χ1v) is 11.1. The Bertz CT molecular complexity index is 994. The van der Waals surface area contributed by atoms with Gasteiger partial charge in [-0.2, -0.15) is 0 Å². The standard InChI is InChI=1S/C25H31NO7/c1-6-32-11-12-33-25(29)20-15(3)26-17-13-14(2)19(24(28)31-5)23(27)22(17)21(20)16-9-7-8-10-18(16)30-4/h7-10,14,19,21,26H,6,11-13H2,1-5H3/t14-,19+,21+/m0/s1. The van der Waals surface area contributed by atoms with Gasteiger partial charge in [-0.05, 0) is 32.3 Å². The number of carbonyl (C=O) groups excluding carboxylic acids is 3. The van der Waals surface area contributed by atoms with Crippen molar-refractivity contribution < 1.29 is 33.3 Å². The molecule has 0 saturated heterocycles. The van der Waals surface area contributed by atoms with Crippen LogP contribution in [0, 0.1) is 11.8 Å². The zero-order valence-electron chi connectivity index (χ0n) is 19.7. The normalized spacial score (nSPS) is 22.5. The van der Waals surface area contributed by atoms with Crippen molar-refractivity contribution in [1.29, 1.82) is 0 Å². The fourth-order valence-corrected chi connectivity index (χ4v) is 4.58. The number of ether oxygens (including phenoxy) is 4. The molecule has 33 heavy (non-hydrogen) atoms. The highest BCUT2D eigenvalue weighted by Gasteiger charge is 2.47. The number of hydrogen-bond donors (Lipinski definition) is 1. The number of esters is 2. The van der Waals surface area contributed by atoms with Gasteiger partial charge in [0.25, 0.3) is 0 Å². The van der Waals surface area contributed by atoms with Crippen LogP contribution in [0.15, 0.2) is 46.8 Å². The molecule has 1 aliphatic carbocycles. The Morgan fingerprint density at radius 1 is 1.15 bits per heavy atom. The zero-order valence-corrected chi connectivity index (χ0v) is 19.7. The van der Waals surface area contributed by atoms with Crippen LogP contribution in [0.5, 0.6) is 5.75 Å². The van der Waals surface area contributed by atoms with Gasteiger partial charge in [-0.1, -0.05) is 25.1 Å². The summed E-state index contributed by atoms with van der Waals surface area (Å²) in [6, 6.07) is 7.23. The Balaban J connectivity index is 2.12. The maximum Gasteiger partial charge on any atom is 0.336 e. The summed E-state index contributed by atoms with van der Waals surface area (Å²) < 4.78 is 21.2. The summed E-state index contributed by atoms with van der Waals surface area (Å²) in [5.74, 6) is -2.89. The van der Waals surface area contributed by atoms with Gasteiger partial charge in [0.1, 0.15) is 18.3 Å². The van der Waals surface area contributed by atoms with Crippen LogP contribution < -0.4 is 10.1 Å². The number of dihydropyridines is 1. The fourth-order valence-electron chi connectivity index (χ4n) is 4.58. The smallest absolute Gasteiger partial charge is 0.336 e. The second kappa shape index (κ2) is 10.7. The van der Waals surface area contributed by atoms with E-state index in [1.165, 1.54) is 14.2 Å². The van der Waals surface area contributed by atoms with Gasteiger partial charge in [-0.15, -0.1) is 0 Å². The first kappa shape index (κ1) is 24.5. The summed E-state index contributed by atoms with van der Waals surface area (Å²) >= 11 is 0. The molecule has 0 fully saturated rings. The molecule has 0 spiro atoms. The molecule has 1 aromatic carbocycles. The van der Waals surface area contributed by atoms with E-state index in [1.807, 2.05) is 32.0 Å². The molecule has 0 amide bonds. The van der Waals surface area contributed by atoms with E-state index in [4.69, 9.17) is 18.9 Å². The molecule has 1 N–H and O–H groups in total. The predicted octanol–water partition coefficient (Wildman–Crippen LogP) is 2.89. The van der Waals surface area contributed by atoms with Gasteiger partial charge >= 0.3 is 11.9 Å². The van der Waals surface area contributed by atoms with Crippen molar-refractivity contribution in [3.05, 3.63) is 52.4 Å². The van der Waals surface area contributed by atoms with Crippen molar-refractivity contribution in [2.24, 2.45) is 11.8 Å². The summed E-state index contributed by atoms with van der Waals surface area (Å²) in [5, 5.41) is 3.24. The van der Waals surface area contributed by atoms with E-state index >= 15 is 0 Å². The number of benzene rings is 1. The summed E-state index contributed by atoms with van der Waals surface area (Å²) in [6.45, 7) is 6.37. The number of Topliss-reactive ketones (excluding diaryl/α,β-unsaturated/α-hetero) is 1. The first-order valence-electron chi connectivity index (χ1n) is 11.1. The molecule has 1 heterocycles. The molecule has 0 saturated carbocycles. The van der Waals surface area contributed by atoms with Crippen LogP contribution in [0.4, 0.5) is 0 Å². The van der Waals surface area contributed by atoms with Crippen LogP contribution >= 0.6 is 0 Å². The van der Waals surface area contributed by atoms with Gasteiger partial charge in [0.2, 0.25) is 0 Å². The lowest BCUT2D eigenvalue weighted by atomic mass is 9.69. The molecule has 0 radical (unpaired) electrons. The second-order valence-corrected chi connectivity index (χ2v) is 8.11. The molecule has 1 aromatic rings. The zero-order chi connectivity index (χ0) is 24.1. The third kappa shape index (κ3) is 4.80. The molecular weight excluding hydrogens is 426 g/mol. The lowest BCUT2D eigenvalue weighted by molar-refractivity contribution is -0.151. The number of methoxy groups -OCH3 is 2. The lowest BCUT2D eigenvalue weighted by Gasteiger charge is -2.38. The highest BCUT2D eigenvalue weighted by Crippen LogP contribution is 2.47. The molecule has 1 aliphatic heterocycles. The quantitative estimate of drug-likeness (QED) is 0.361. The number of allylic oxidation sites excluding steroid dienone is 3. The van der Waals surface area contributed by atoms with E-state index in [9.17, 15) is 14.4 Å². The molecule has 8 heteroatoms. The van der Waals surface area contributed by atoms with Crippen LogP contribution in [0.3, 0.4) is 0 Å². The Labute approximate surface area is 193 Å². The number of hydrogen-bond acceptors (Lipinski definition) is 8. The molecule has 2 aliphatic rings. The number of carbonyl (C=O) groups is 3. The van der Waals surface area contributed by atoms with Crippen molar-refractivity contribution >= 4 is 17.7 Å². The van der Waals surface area contributed by atoms with Crippen molar-refractivity contribution in [2.45, 2.75) is 33.1 Å². The van der Waals surface area contributed by atoms with Crippen molar-refractivity contribution in [3.8, 4) is 5.75 Å². The fraction of sp³-hybridized carbons (Fsp3) is 0.480. The van der Waals surface area contributed by atoms with Crippen LogP contribution in [-0.2, 0) is 28.6 Å².